The van der Waals surface area contributed by atoms with Crippen LogP contribution in [-0.4, -0.2) is 22.1 Å². The SMILES string of the molecule is CN(Cc1cccc(N)c1)Cc1ccn[nH]1.Cl.Cl. The monoisotopic (exact) mass is 288 g/mol. The summed E-state index contributed by atoms with van der Waals surface area (Å²) in [5.41, 5.74) is 8.89. The van der Waals surface area contributed by atoms with Crippen LogP contribution in [0.4, 0.5) is 5.69 Å². The zero-order valence-corrected chi connectivity index (χ0v) is 11.8. The summed E-state index contributed by atoms with van der Waals surface area (Å²) in [6.07, 6.45) is 1.77. The fourth-order valence-electron chi connectivity index (χ4n) is 1.72. The number of aromatic nitrogens is 2. The molecule has 0 fully saturated rings. The van der Waals surface area contributed by atoms with Crippen LogP contribution in [0.3, 0.4) is 0 Å². The van der Waals surface area contributed by atoms with Gasteiger partial charge in [-0.2, -0.15) is 5.10 Å². The maximum Gasteiger partial charge on any atom is 0.0492 e. The second kappa shape index (κ2) is 7.97. The molecule has 0 aliphatic carbocycles. The molecule has 1 aromatic heterocycles. The van der Waals surface area contributed by atoms with Crippen molar-refractivity contribution in [3.63, 3.8) is 0 Å². The van der Waals surface area contributed by atoms with Gasteiger partial charge in [0.05, 0.1) is 0 Å². The second-order valence-electron chi connectivity index (χ2n) is 4.00. The van der Waals surface area contributed by atoms with Gasteiger partial charge in [0.25, 0.3) is 0 Å². The Kier molecular flexibility index (Phi) is 7.43. The summed E-state index contributed by atoms with van der Waals surface area (Å²) >= 11 is 0. The average Bonchev–Trinajstić information content (AvgIpc) is 2.70. The van der Waals surface area contributed by atoms with Crippen LogP contribution in [0.1, 0.15) is 11.3 Å². The highest BCUT2D eigenvalue weighted by Crippen LogP contribution is 2.10. The predicted octanol–water partition coefficient (Wildman–Crippen LogP) is 2.47. The van der Waals surface area contributed by atoms with Crippen molar-refractivity contribution in [2.75, 3.05) is 12.8 Å². The van der Waals surface area contributed by atoms with E-state index < -0.39 is 0 Å². The number of nitrogens with zero attached hydrogens (tertiary/aromatic N) is 2. The van der Waals surface area contributed by atoms with Gasteiger partial charge in [-0.1, -0.05) is 12.1 Å². The van der Waals surface area contributed by atoms with Gasteiger partial charge in [0.2, 0.25) is 0 Å². The Morgan fingerprint density at radius 2 is 2.00 bits per heavy atom. The molecule has 0 spiro atoms. The third-order valence-corrected chi connectivity index (χ3v) is 2.40. The Morgan fingerprint density at radius 3 is 2.61 bits per heavy atom. The molecule has 0 bridgehead atoms. The molecule has 0 amide bonds. The number of H-pyrrole nitrogens is 1. The van der Waals surface area contributed by atoms with Crippen molar-refractivity contribution in [2.45, 2.75) is 13.1 Å². The number of hydrogen-bond acceptors (Lipinski definition) is 3. The highest BCUT2D eigenvalue weighted by Gasteiger charge is 2.02. The lowest BCUT2D eigenvalue weighted by Crippen LogP contribution is -2.17. The number of halogens is 2. The van der Waals surface area contributed by atoms with E-state index in [1.54, 1.807) is 6.20 Å². The fraction of sp³-hybridized carbons (Fsp3) is 0.250. The van der Waals surface area contributed by atoms with E-state index in [2.05, 4.69) is 28.2 Å². The first-order valence-corrected chi connectivity index (χ1v) is 5.25. The average molecular weight is 289 g/mol. The lowest BCUT2D eigenvalue weighted by Gasteiger charge is -2.15. The number of nitrogens with two attached hydrogens (primary N) is 1. The topological polar surface area (TPSA) is 57.9 Å². The Balaban J connectivity index is 0.00000144. The van der Waals surface area contributed by atoms with Crippen molar-refractivity contribution < 1.29 is 0 Å². The molecule has 0 saturated heterocycles. The summed E-state index contributed by atoms with van der Waals surface area (Å²) in [7, 11) is 2.07. The predicted molar refractivity (Wildman–Crippen MR) is 79.1 cm³/mol. The van der Waals surface area contributed by atoms with Gasteiger partial charge in [0, 0.05) is 30.7 Å². The van der Waals surface area contributed by atoms with Crippen LogP contribution in [0.15, 0.2) is 36.5 Å². The van der Waals surface area contributed by atoms with Crippen molar-refractivity contribution in [2.24, 2.45) is 0 Å². The Hall–Kier alpha value is -1.23. The van der Waals surface area contributed by atoms with E-state index in [1.165, 1.54) is 5.56 Å². The second-order valence-corrected chi connectivity index (χ2v) is 4.00. The molecule has 1 aromatic carbocycles. The van der Waals surface area contributed by atoms with E-state index in [0.717, 1.165) is 24.5 Å². The highest BCUT2D eigenvalue weighted by molar-refractivity contribution is 5.85. The molecule has 2 rings (SSSR count). The summed E-state index contributed by atoms with van der Waals surface area (Å²) in [5.74, 6) is 0. The van der Waals surface area contributed by atoms with Crippen LogP contribution < -0.4 is 5.73 Å². The maximum atomic E-state index is 5.74. The minimum Gasteiger partial charge on any atom is -0.399 e. The van der Waals surface area contributed by atoms with Crippen molar-refractivity contribution in [1.29, 1.82) is 0 Å². The zero-order chi connectivity index (χ0) is 11.4. The number of aromatic amines is 1. The van der Waals surface area contributed by atoms with Crippen molar-refractivity contribution in [3.8, 4) is 0 Å². The van der Waals surface area contributed by atoms with Crippen LogP contribution in [0, 0.1) is 0 Å². The van der Waals surface area contributed by atoms with Crippen molar-refractivity contribution >= 4 is 30.5 Å². The first kappa shape index (κ1) is 16.8. The minimum atomic E-state index is 0. The van der Waals surface area contributed by atoms with Crippen LogP contribution in [-0.2, 0) is 13.1 Å². The minimum absolute atomic E-state index is 0. The van der Waals surface area contributed by atoms with E-state index in [0.29, 0.717) is 0 Å². The number of rotatable bonds is 4. The van der Waals surface area contributed by atoms with Gasteiger partial charge in [-0.05, 0) is 30.8 Å². The molecule has 1 heterocycles. The van der Waals surface area contributed by atoms with E-state index >= 15 is 0 Å². The molecule has 0 saturated carbocycles. The standard InChI is InChI=1S/C12H16N4.2ClH/c1-16(9-12-5-6-14-15-12)8-10-3-2-4-11(13)7-10;;/h2-7H,8-9,13H2,1H3,(H,14,15);2*1H. The highest BCUT2D eigenvalue weighted by atomic mass is 35.5. The molecular formula is C12H18Cl2N4. The number of anilines is 1. The van der Waals surface area contributed by atoms with Gasteiger partial charge in [0.1, 0.15) is 0 Å². The Labute approximate surface area is 119 Å². The molecule has 0 aliphatic heterocycles. The molecule has 0 radical (unpaired) electrons. The van der Waals surface area contributed by atoms with Gasteiger partial charge in [0.15, 0.2) is 0 Å². The van der Waals surface area contributed by atoms with Gasteiger partial charge in [-0.25, -0.2) is 0 Å². The molecule has 6 heteroatoms. The van der Waals surface area contributed by atoms with Gasteiger partial charge in [-0.15, -0.1) is 24.8 Å². The largest absolute Gasteiger partial charge is 0.399 e. The van der Waals surface area contributed by atoms with E-state index in [-0.39, 0.29) is 24.8 Å². The van der Waals surface area contributed by atoms with Crippen LogP contribution in [0.25, 0.3) is 0 Å². The van der Waals surface area contributed by atoms with Gasteiger partial charge in [-0.3, -0.25) is 10.00 Å². The Bertz CT molecular complexity index is 445. The fourth-order valence-corrected chi connectivity index (χ4v) is 1.72. The van der Waals surface area contributed by atoms with Crippen molar-refractivity contribution in [1.82, 2.24) is 15.1 Å². The van der Waals surface area contributed by atoms with Crippen molar-refractivity contribution in [3.05, 3.63) is 47.8 Å². The quantitative estimate of drug-likeness (QED) is 0.850. The summed E-state index contributed by atoms with van der Waals surface area (Å²) in [5, 5.41) is 6.87. The third kappa shape index (κ3) is 4.96. The van der Waals surface area contributed by atoms with E-state index in [4.69, 9.17) is 5.73 Å². The van der Waals surface area contributed by atoms with Gasteiger partial charge >= 0.3 is 0 Å². The number of hydrogen-bond donors (Lipinski definition) is 2. The normalized spacial score (nSPS) is 9.67. The van der Waals surface area contributed by atoms with Crippen LogP contribution >= 0.6 is 24.8 Å². The molecule has 3 N–H and O–H groups in total. The number of benzene rings is 1. The molecule has 2 aromatic rings. The molecule has 18 heavy (non-hydrogen) atoms. The summed E-state index contributed by atoms with van der Waals surface area (Å²) in [6.45, 7) is 1.73. The van der Waals surface area contributed by atoms with Crippen LogP contribution in [0.2, 0.25) is 0 Å². The zero-order valence-electron chi connectivity index (χ0n) is 10.2. The summed E-state index contributed by atoms with van der Waals surface area (Å²) < 4.78 is 0. The van der Waals surface area contributed by atoms with Crippen LogP contribution in [0.5, 0.6) is 0 Å². The molecule has 0 unspecified atom stereocenters. The summed E-state index contributed by atoms with van der Waals surface area (Å²) in [4.78, 5) is 2.21. The van der Waals surface area contributed by atoms with E-state index in [1.807, 2.05) is 24.3 Å². The first-order chi connectivity index (χ1) is 7.74. The molecule has 0 atom stereocenters. The maximum absolute atomic E-state index is 5.74. The number of nitrogens with one attached hydrogen (secondary N) is 1. The smallest absolute Gasteiger partial charge is 0.0492 e. The summed E-state index contributed by atoms with van der Waals surface area (Å²) in [6, 6.07) is 9.95. The lowest BCUT2D eigenvalue weighted by molar-refractivity contribution is 0.315. The molecular weight excluding hydrogens is 271 g/mol. The molecule has 4 nitrogen and oxygen atoms in total. The molecule has 100 valence electrons. The first-order valence-electron chi connectivity index (χ1n) is 5.25. The third-order valence-electron chi connectivity index (χ3n) is 2.40. The number of nitrogen functional groups attached to an aromatic ring is 1. The van der Waals surface area contributed by atoms with E-state index in [9.17, 15) is 0 Å². The lowest BCUT2D eigenvalue weighted by atomic mass is 10.2. The molecule has 0 aliphatic rings. The Morgan fingerprint density at radius 1 is 1.22 bits per heavy atom. The van der Waals surface area contributed by atoms with Gasteiger partial charge < -0.3 is 5.73 Å².